The molecule has 3 rings (SSSR count). The van der Waals surface area contributed by atoms with Crippen LogP contribution in [0.15, 0.2) is 36.4 Å². The Kier molecular flexibility index (Phi) is 2.89. The van der Waals surface area contributed by atoms with E-state index >= 15 is 0 Å². The van der Waals surface area contributed by atoms with Gasteiger partial charge < -0.3 is 5.11 Å². The topological polar surface area (TPSA) is 41.3 Å². The molecule has 1 N–H and O–H groups in total. The lowest BCUT2D eigenvalue weighted by Gasteiger charge is -2.22. The van der Waals surface area contributed by atoms with Gasteiger partial charge in [0, 0.05) is 13.1 Å². The Bertz CT molecular complexity index is 535. The fourth-order valence-electron chi connectivity index (χ4n) is 2.36. The number of hydrogen-bond donors (Lipinski definition) is 1. The maximum atomic E-state index is 10.3. The number of benzene rings is 1. The van der Waals surface area contributed by atoms with Crippen molar-refractivity contribution in [2.24, 2.45) is 0 Å². The van der Waals surface area contributed by atoms with Crippen LogP contribution in [-0.4, -0.2) is 33.4 Å². The predicted molar refractivity (Wildman–Crippen MR) is 69.1 cm³/mol. The Morgan fingerprint density at radius 1 is 1.22 bits per heavy atom. The van der Waals surface area contributed by atoms with Crippen LogP contribution in [0.2, 0.25) is 0 Å². The van der Waals surface area contributed by atoms with E-state index in [1.54, 1.807) is 0 Å². The second-order valence-electron chi connectivity index (χ2n) is 4.83. The SMILES string of the molecule is CN1CCn2nc([C@@H](O)c3ccccc3)cc2C1. The van der Waals surface area contributed by atoms with Crippen molar-refractivity contribution in [3.05, 3.63) is 53.3 Å². The van der Waals surface area contributed by atoms with E-state index in [1.807, 2.05) is 41.1 Å². The zero-order valence-corrected chi connectivity index (χ0v) is 10.5. The number of rotatable bonds is 2. The zero-order chi connectivity index (χ0) is 12.5. The Balaban J connectivity index is 1.89. The summed E-state index contributed by atoms with van der Waals surface area (Å²) in [6.45, 7) is 2.80. The summed E-state index contributed by atoms with van der Waals surface area (Å²) >= 11 is 0. The molecule has 2 aromatic rings. The summed E-state index contributed by atoms with van der Waals surface area (Å²) in [5.74, 6) is 0. The van der Waals surface area contributed by atoms with E-state index in [4.69, 9.17) is 0 Å². The van der Waals surface area contributed by atoms with Crippen molar-refractivity contribution in [1.82, 2.24) is 14.7 Å². The number of fused-ring (bicyclic) bond motifs is 1. The van der Waals surface area contributed by atoms with Gasteiger partial charge >= 0.3 is 0 Å². The minimum Gasteiger partial charge on any atom is -0.382 e. The summed E-state index contributed by atoms with van der Waals surface area (Å²) in [5.41, 5.74) is 2.81. The fourth-order valence-corrected chi connectivity index (χ4v) is 2.36. The molecule has 4 nitrogen and oxygen atoms in total. The maximum Gasteiger partial charge on any atom is 0.123 e. The van der Waals surface area contributed by atoms with Gasteiger partial charge in [-0.3, -0.25) is 9.58 Å². The van der Waals surface area contributed by atoms with Gasteiger partial charge in [-0.1, -0.05) is 30.3 Å². The summed E-state index contributed by atoms with van der Waals surface area (Å²) in [6.07, 6.45) is -0.630. The molecule has 1 aliphatic heterocycles. The molecule has 0 unspecified atom stereocenters. The number of aliphatic hydroxyl groups excluding tert-OH is 1. The molecule has 0 saturated carbocycles. The van der Waals surface area contributed by atoms with Crippen molar-refractivity contribution in [1.29, 1.82) is 0 Å². The van der Waals surface area contributed by atoms with Crippen molar-refractivity contribution in [3.8, 4) is 0 Å². The van der Waals surface area contributed by atoms with Crippen molar-refractivity contribution < 1.29 is 5.11 Å². The van der Waals surface area contributed by atoms with Gasteiger partial charge in [0.25, 0.3) is 0 Å². The first-order valence-corrected chi connectivity index (χ1v) is 6.22. The average Bonchev–Trinajstić information content (AvgIpc) is 2.81. The average molecular weight is 243 g/mol. The first-order valence-electron chi connectivity index (χ1n) is 6.22. The summed E-state index contributed by atoms with van der Waals surface area (Å²) in [7, 11) is 2.10. The molecular weight excluding hydrogens is 226 g/mol. The van der Waals surface area contributed by atoms with Crippen LogP contribution in [0, 0.1) is 0 Å². The smallest absolute Gasteiger partial charge is 0.123 e. The van der Waals surface area contributed by atoms with Gasteiger partial charge in [0.15, 0.2) is 0 Å². The highest BCUT2D eigenvalue weighted by Crippen LogP contribution is 2.23. The van der Waals surface area contributed by atoms with Gasteiger partial charge in [-0.2, -0.15) is 5.10 Å². The standard InChI is InChI=1S/C14H17N3O/c1-16-7-8-17-12(10-16)9-13(15-17)14(18)11-5-3-2-4-6-11/h2-6,9,14,18H,7-8,10H2,1H3/t14-/m0/s1. The van der Waals surface area contributed by atoms with Crippen LogP contribution in [0.5, 0.6) is 0 Å². The molecule has 1 atom stereocenters. The summed E-state index contributed by atoms with van der Waals surface area (Å²) in [6, 6.07) is 11.7. The number of aliphatic hydroxyl groups is 1. The number of nitrogens with zero attached hydrogens (tertiary/aromatic N) is 3. The van der Waals surface area contributed by atoms with Gasteiger partial charge in [0.2, 0.25) is 0 Å². The predicted octanol–water partition coefficient (Wildman–Crippen LogP) is 1.41. The molecule has 0 saturated heterocycles. The minimum absolute atomic E-state index is 0.630. The van der Waals surface area contributed by atoms with Gasteiger partial charge in [-0.25, -0.2) is 0 Å². The van der Waals surface area contributed by atoms with E-state index < -0.39 is 6.10 Å². The molecule has 2 heterocycles. The van der Waals surface area contributed by atoms with E-state index in [9.17, 15) is 5.11 Å². The van der Waals surface area contributed by atoms with Crippen molar-refractivity contribution in [3.63, 3.8) is 0 Å². The molecular formula is C14H17N3O. The quantitative estimate of drug-likeness (QED) is 0.867. The van der Waals surface area contributed by atoms with Gasteiger partial charge in [-0.05, 0) is 18.7 Å². The monoisotopic (exact) mass is 243 g/mol. The molecule has 1 aromatic carbocycles. The minimum atomic E-state index is -0.630. The third-order valence-corrected chi connectivity index (χ3v) is 3.40. The summed E-state index contributed by atoms with van der Waals surface area (Å²) in [4.78, 5) is 2.26. The molecule has 0 bridgehead atoms. The highest BCUT2D eigenvalue weighted by Gasteiger charge is 2.19. The first kappa shape index (κ1) is 11.4. The molecule has 94 valence electrons. The number of hydrogen-bond acceptors (Lipinski definition) is 3. The van der Waals surface area contributed by atoms with Crippen LogP contribution in [0.1, 0.15) is 23.1 Å². The Morgan fingerprint density at radius 2 is 2.00 bits per heavy atom. The molecule has 4 heteroatoms. The molecule has 0 spiro atoms. The molecule has 0 radical (unpaired) electrons. The van der Waals surface area contributed by atoms with Gasteiger partial charge in [0.1, 0.15) is 6.10 Å². The zero-order valence-electron chi connectivity index (χ0n) is 10.5. The van der Waals surface area contributed by atoms with Crippen LogP contribution in [-0.2, 0) is 13.1 Å². The van der Waals surface area contributed by atoms with E-state index in [-0.39, 0.29) is 0 Å². The third-order valence-electron chi connectivity index (χ3n) is 3.40. The molecule has 0 fully saturated rings. The van der Waals surface area contributed by atoms with Crippen LogP contribution in [0.25, 0.3) is 0 Å². The first-order chi connectivity index (χ1) is 8.74. The van der Waals surface area contributed by atoms with Crippen molar-refractivity contribution >= 4 is 0 Å². The van der Waals surface area contributed by atoms with E-state index in [0.29, 0.717) is 0 Å². The summed E-state index contributed by atoms with van der Waals surface area (Å²) in [5, 5.41) is 14.8. The van der Waals surface area contributed by atoms with Crippen LogP contribution in [0.4, 0.5) is 0 Å². The second kappa shape index (κ2) is 4.55. The molecule has 0 aliphatic carbocycles. The van der Waals surface area contributed by atoms with E-state index in [0.717, 1.165) is 30.9 Å². The van der Waals surface area contributed by atoms with Crippen LogP contribution < -0.4 is 0 Å². The molecule has 1 aromatic heterocycles. The number of aromatic nitrogens is 2. The lowest BCUT2D eigenvalue weighted by atomic mass is 10.1. The third kappa shape index (κ3) is 2.05. The normalized spacial score (nSPS) is 17.4. The Morgan fingerprint density at radius 3 is 2.78 bits per heavy atom. The molecule has 1 aliphatic rings. The summed E-state index contributed by atoms with van der Waals surface area (Å²) < 4.78 is 2.00. The fraction of sp³-hybridized carbons (Fsp3) is 0.357. The van der Waals surface area contributed by atoms with E-state index in [1.165, 1.54) is 5.69 Å². The Labute approximate surface area is 106 Å². The van der Waals surface area contributed by atoms with Crippen LogP contribution in [0.3, 0.4) is 0 Å². The maximum absolute atomic E-state index is 10.3. The van der Waals surface area contributed by atoms with Crippen molar-refractivity contribution in [2.75, 3.05) is 13.6 Å². The van der Waals surface area contributed by atoms with Crippen molar-refractivity contribution in [2.45, 2.75) is 19.2 Å². The highest BCUT2D eigenvalue weighted by molar-refractivity contribution is 5.26. The van der Waals surface area contributed by atoms with E-state index in [2.05, 4.69) is 17.0 Å². The lowest BCUT2D eigenvalue weighted by molar-refractivity contribution is 0.212. The number of likely N-dealkylation sites (N-methyl/N-ethyl adjacent to an activating group) is 1. The van der Waals surface area contributed by atoms with Crippen LogP contribution >= 0.6 is 0 Å². The second-order valence-corrected chi connectivity index (χ2v) is 4.83. The lowest BCUT2D eigenvalue weighted by Crippen LogP contribution is -2.30. The molecule has 18 heavy (non-hydrogen) atoms. The molecule has 0 amide bonds. The Hall–Kier alpha value is -1.65. The van der Waals surface area contributed by atoms with Gasteiger partial charge in [0.05, 0.1) is 17.9 Å². The van der Waals surface area contributed by atoms with Gasteiger partial charge in [-0.15, -0.1) is 0 Å². The largest absolute Gasteiger partial charge is 0.382 e. The highest BCUT2D eigenvalue weighted by atomic mass is 16.3.